The van der Waals surface area contributed by atoms with E-state index in [1.807, 2.05) is 0 Å². The van der Waals surface area contributed by atoms with Crippen LogP contribution in [0.5, 0.6) is 5.75 Å². The van der Waals surface area contributed by atoms with Gasteiger partial charge in [0.15, 0.2) is 0 Å². The first-order valence-corrected chi connectivity index (χ1v) is 6.74. The van der Waals surface area contributed by atoms with E-state index in [1.54, 1.807) is 7.11 Å². The Morgan fingerprint density at radius 3 is 3.18 bits per heavy atom. The van der Waals surface area contributed by atoms with E-state index in [9.17, 15) is 0 Å². The van der Waals surface area contributed by atoms with Gasteiger partial charge in [0.1, 0.15) is 5.75 Å². The maximum absolute atomic E-state index is 5.68. The topological polar surface area (TPSA) is 30.5 Å². The summed E-state index contributed by atoms with van der Waals surface area (Å²) in [7, 11) is 1.73. The smallest absolute Gasteiger partial charge is 0.127 e. The summed E-state index contributed by atoms with van der Waals surface area (Å²) in [5.74, 6) is 1.08. The lowest BCUT2D eigenvalue weighted by molar-refractivity contribution is 0.194. The highest BCUT2D eigenvalue weighted by molar-refractivity contribution is 9.10. The number of fused-ring (bicyclic) bond motifs is 1. The molecule has 1 aliphatic heterocycles. The summed E-state index contributed by atoms with van der Waals surface area (Å²) in [6.07, 6.45) is 2.05. The van der Waals surface area contributed by atoms with E-state index in [0.717, 1.165) is 49.4 Å². The van der Waals surface area contributed by atoms with Gasteiger partial charge in [-0.15, -0.1) is 0 Å². The lowest BCUT2D eigenvalue weighted by atomic mass is 10.1. The fourth-order valence-electron chi connectivity index (χ4n) is 2.04. The number of ether oxygens (including phenoxy) is 2. The van der Waals surface area contributed by atoms with Crippen LogP contribution >= 0.6 is 15.9 Å². The number of nitrogens with one attached hydrogen (secondary N) is 1. The predicted molar refractivity (Wildman–Crippen MR) is 71.5 cm³/mol. The van der Waals surface area contributed by atoms with Crippen molar-refractivity contribution in [3.8, 4) is 5.75 Å². The van der Waals surface area contributed by atoms with Gasteiger partial charge in [-0.1, -0.05) is 15.9 Å². The molecule has 0 saturated carbocycles. The van der Waals surface area contributed by atoms with Gasteiger partial charge in [-0.2, -0.15) is 0 Å². The molecule has 17 heavy (non-hydrogen) atoms. The summed E-state index contributed by atoms with van der Waals surface area (Å²) >= 11 is 3.55. The van der Waals surface area contributed by atoms with Gasteiger partial charge >= 0.3 is 0 Å². The van der Waals surface area contributed by atoms with E-state index in [4.69, 9.17) is 9.47 Å². The van der Waals surface area contributed by atoms with Crippen molar-refractivity contribution in [2.75, 3.05) is 26.9 Å². The fourth-order valence-corrected chi connectivity index (χ4v) is 2.59. The van der Waals surface area contributed by atoms with E-state index in [0.29, 0.717) is 0 Å². The first-order valence-electron chi connectivity index (χ1n) is 5.95. The third-order valence-electron chi connectivity index (χ3n) is 2.84. The minimum absolute atomic E-state index is 0.806. The molecule has 2 rings (SSSR count). The Hall–Kier alpha value is -0.580. The summed E-state index contributed by atoms with van der Waals surface area (Å²) < 4.78 is 11.8. The molecule has 0 saturated heterocycles. The normalized spacial score (nSPS) is 13.5. The molecular weight excluding hydrogens is 282 g/mol. The predicted octanol–water partition coefficient (Wildman–Crippen LogP) is 2.51. The molecule has 0 amide bonds. The van der Waals surface area contributed by atoms with Gasteiger partial charge in [0.2, 0.25) is 0 Å². The zero-order valence-corrected chi connectivity index (χ0v) is 11.7. The Kier molecular flexibility index (Phi) is 4.83. The minimum atomic E-state index is 0.806. The summed E-state index contributed by atoms with van der Waals surface area (Å²) in [5.41, 5.74) is 2.55. The summed E-state index contributed by atoms with van der Waals surface area (Å²) in [6.45, 7) is 3.43. The molecule has 94 valence electrons. The third kappa shape index (κ3) is 3.44. The highest BCUT2D eigenvalue weighted by Gasteiger charge is 2.16. The summed E-state index contributed by atoms with van der Waals surface area (Å²) in [6, 6.07) is 4.28. The van der Waals surface area contributed by atoms with Crippen molar-refractivity contribution in [3.05, 3.63) is 27.7 Å². The Morgan fingerprint density at radius 1 is 1.47 bits per heavy atom. The average Bonchev–Trinajstić information content (AvgIpc) is 2.76. The maximum Gasteiger partial charge on any atom is 0.127 e. The zero-order valence-electron chi connectivity index (χ0n) is 10.1. The molecule has 0 fully saturated rings. The average molecular weight is 300 g/mol. The van der Waals surface area contributed by atoms with Crippen LogP contribution in [0.15, 0.2) is 16.6 Å². The number of methoxy groups -OCH3 is 1. The molecule has 1 heterocycles. The van der Waals surface area contributed by atoms with Crippen molar-refractivity contribution in [2.45, 2.75) is 19.4 Å². The number of benzene rings is 1. The second-order valence-electron chi connectivity index (χ2n) is 4.17. The van der Waals surface area contributed by atoms with Crippen LogP contribution in [-0.2, 0) is 17.7 Å². The standard InChI is InChI=1S/C13H18BrNO2/c1-16-5-2-4-15-9-11-8-12(14)7-10-3-6-17-13(10)11/h7-8,15H,2-6,9H2,1H3. The van der Waals surface area contributed by atoms with Crippen LogP contribution in [0.3, 0.4) is 0 Å². The number of hydrogen-bond donors (Lipinski definition) is 1. The quantitative estimate of drug-likeness (QED) is 0.819. The van der Waals surface area contributed by atoms with Gasteiger partial charge in [-0.3, -0.25) is 0 Å². The molecule has 1 aliphatic rings. The number of hydrogen-bond acceptors (Lipinski definition) is 3. The molecule has 0 spiro atoms. The molecule has 1 aromatic carbocycles. The molecule has 0 unspecified atom stereocenters. The van der Waals surface area contributed by atoms with Crippen molar-refractivity contribution in [3.63, 3.8) is 0 Å². The lowest BCUT2D eigenvalue weighted by Crippen LogP contribution is -2.16. The highest BCUT2D eigenvalue weighted by atomic mass is 79.9. The monoisotopic (exact) mass is 299 g/mol. The first kappa shape index (κ1) is 12.9. The van der Waals surface area contributed by atoms with Gasteiger partial charge in [0, 0.05) is 36.7 Å². The van der Waals surface area contributed by atoms with Crippen LogP contribution in [0.4, 0.5) is 0 Å². The highest BCUT2D eigenvalue weighted by Crippen LogP contribution is 2.32. The third-order valence-corrected chi connectivity index (χ3v) is 3.30. The molecule has 1 N–H and O–H groups in total. The van der Waals surface area contributed by atoms with Crippen LogP contribution in [0.1, 0.15) is 17.5 Å². The molecule has 0 aliphatic carbocycles. The van der Waals surface area contributed by atoms with Gasteiger partial charge in [0.05, 0.1) is 6.61 Å². The van der Waals surface area contributed by atoms with Crippen molar-refractivity contribution in [2.24, 2.45) is 0 Å². The Balaban J connectivity index is 1.92. The molecule has 3 nitrogen and oxygen atoms in total. The molecule has 0 aromatic heterocycles. The van der Waals surface area contributed by atoms with Crippen LogP contribution < -0.4 is 10.1 Å². The second-order valence-corrected chi connectivity index (χ2v) is 5.09. The van der Waals surface area contributed by atoms with Gasteiger partial charge in [0.25, 0.3) is 0 Å². The summed E-state index contributed by atoms with van der Waals surface area (Å²) in [5, 5.41) is 3.41. The fraction of sp³-hybridized carbons (Fsp3) is 0.538. The molecule has 0 bridgehead atoms. The molecule has 1 aromatic rings. The van der Waals surface area contributed by atoms with Crippen molar-refractivity contribution in [1.29, 1.82) is 0 Å². The van der Waals surface area contributed by atoms with Crippen LogP contribution in [0, 0.1) is 0 Å². The van der Waals surface area contributed by atoms with Crippen LogP contribution in [-0.4, -0.2) is 26.9 Å². The molecule has 0 atom stereocenters. The lowest BCUT2D eigenvalue weighted by Gasteiger charge is -2.10. The summed E-state index contributed by atoms with van der Waals surface area (Å²) in [4.78, 5) is 0. The van der Waals surface area contributed by atoms with Crippen LogP contribution in [0.2, 0.25) is 0 Å². The Labute approximate surface area is 111 Å². The van der Waals surface area contributed by atoms with Gasteiger partial charge < -0.3 is 14.8 Å². The SMILES string of the molecule is COCCCNCc1cc(Br)cc2c1OCC2. The molecular formula is C13H18BrNO2. The van der Waals surface area contributed by atoms with Crippen molar-refractivity contribution in [1.82, 2.24) is 5.32 Å². The van der Waals surface area contributed by atoms with E-state index >= 15 is 0 Å². The maximum atomic E-state index is 5.68. The molecule has 0 radical (unpaired) electrons. The van der Waals surface area contributed by atoms with Crippen LogP contribution in [0.25, 0.3) is 0 Å². The van der Waals surface area contributed by atoms with Gasteiger partial charge in [-0.05, 0) is 30.7 Å². The molecule has 4 heteroatoms. The van der Waals surface area contributed by atoms with E-state index in [1.165, 1.54) is 11.1 Å². The van der Waals surface area contributed by atoms with E-state index in [-0.39, 0.29) is 0 Å². The van der Waals surface area contributed by atoms with E-state index < -0.39 is 0 Å². The van der Waals surface area contributed by atoms with Gasteiger partial charge in [-0.25, -0.2) is 0 Å². The Morgan fingerprint density at radius 2 is 2.35 bits per heavy atom. The number of rotatable bonds is 6. The first-order chi connectivity index (χ1) is 8.31. The Bertz CT molecular complexity index is 382. The largest absolute Gasteiger partial charge is 0.493 e. The van der Waals surface area contributed by atoms with E-state index in [2.05, 4.69) is 33.4 Å². The number of halogens is 1. The van der Waals surface area contributed by atoms with Crippen molar-refractivity contribution >= 4 is 15.9 Å². The minimum Gasteiger partial charge on any atom is -0.493 e. The second kappa shape index (κ2) is 6.38. The van der Waals surface area contributed by atoms with Crippen molar-refractivity contribution < 1.29 is 9.47 Å². The zero-order chi connectivity index (χ0) is 12.1.